The molecule has 2 heterocycles. The lowest BCUT2D eigenvalue weighted by Gasteiger charge is -2.29. The van der Waals surface area contributed by atoms with Gasteiger partial charge < -0.3 is 9.47 Å². The Kier molecular flexibility index (Phi) is 6.24. The smallest absolute Gasteiger partial charge is 0.411 e. The topological polar surface area (TPSA) is 72.0 Å². The van der Waals surface area contributed by atoms with Gasteiger partial charge >= 0.3 is 6.09 Å². The predicted molar refractivity (Wildman–Crippen MR) is 113 cm³/mol. The van der Waals surface area contributed by atoms with E-state index in [9.17, 15) is 9.59 Å². The number of likely N-dealkylation sites (N-methyl/N-ethyl adjacent to an activating group) is 1. The first kappa shape index (κ1) is 21.3. The number of hydrogen-bond acceptors (Lipinski definition) is 6. The molecule has 1 saturated heterocycles. The van der Waals surface area contributed by atoms with Crippen LogP contribution in [0.2, 0.25) is 0 Å². The number of anilines is 1. The number of ether oxygens (including phenoxy) is 2. The molecule has 7 nitrogen and oxygen atoms in total. The summed E-state index contributed by atoms with van der Waals surface area (Å²) in [5, 5.41) is 2.51. The fourth-order valence-electron chi connectivity index (χ4n) is 3.20. The number of aromatic nitrogens is 1. The summed E-state index contributed by atoms with van der Waals surface area (Å²) in [6.45, 7) is 5.73. The van der Waals surface area contributed by atoms with E-state index in [1.165, 1.54) is 21.1 Å². The molecule has 1 aromatic carbocycles. The van der Waals surface area contributed by atoms with Crippen molar-refractivity contribution in [3.8, 4) is 11.3 Å². The fourth-order valence-corrected chi connectivity index (χ4v) is 4.01. The van der Waals surface area contributed by atoms with Crippen molar-refractivity contribution in [3.63, 3.8) is 0 Å². The average Bonchev–Trinajstić information content (AvgIpc) is 3.33. The highest BCUT2D eigenvalue weighted by Gasteiger charge is 2.43. The number of carbonyl (C=O) groups excluding carboxylic acids is 2. The van der Waals surface area contributed by atoms with E-state index in [1.54, 1.807) is 34.9 Å². The molecule has 0 radical (unpaired) electrons. The Balaban J connectivity index is 1.78. The molecule has 29 heavy (non-hydrogen) atoms. The van der Waals surface area contributed by atoms with Crippen LogP contribution in [0, 0.1) is 0 Å². The molecule has 2 atom stereocenters. The zero-order valence-corrected chi connectivity index (χ0v) is 18.2. The Morgan fingerprint density at radius 1 is 1.24 bits per heavy atom. The van der Waals surface area contributed by atoms with Crippen molar-refractivity contribution in [2.24, 2.45) is 0 Å². The third kappa shape index (κ3) is 4.94. The van der Waals surface area contributed by atoms with Gasteiger partial charge in [0.2, 0.25) is 0 Å². The number of hydrogen-bond donors (Lipinski definition) is 0. The molecule has 2 aromatic rings. The summed E-state index contributed by atoms with van der Waals surface area (Å²) in [6.07, 6.45) is -0.288. The Hall–Kier alpha value is -2.45. The highest BCUT2D eigenvalue weighted by molar-refractivity contribution is 7.14. The number of thiazole rings is 1. The van der Waals surface area contributed by atoms with Crippen molar-refractivity contribution in [2.45, 2.75) is 44.9 Å². The molecule has 2 amide bonds. The predicted octanol–water partition coefficient (Wildman–Crippen LogP) is 3.80. The SMILES string of the molecule is COC1CC(C(=O)N(C)c2nc(-c3ccccc3)cs2)N(C(=O)OC(C)(C)C)C1. The van der Waals surface area contributed by atoms with Gasteiger partial charge in [0.15, 0.2) is 5.13 Å². The molecule has 1 aliphatic heterocycles. The maximum atomic E-state index is 13.2. The van der Waals surface area contributed by atoms with Crippen LogP contribution in [0.5, 0.6) is 0 Å². The molecule has 0 aliphatic carbocycles. The summed E-state index contributed by atoms with van der Waals surface area (Å²) in [5.74, 6) is -0.204. The second-order valence-corrected chi connectivity index (χ2v) is 8.86. The number of amides is 2. The third-order valence-electron chi connectivity index (χ3n) is 4.69. The molecule has 1 fully saturated rings. The largest absolute Gasteiger partial charge is 0.444 e. The maximum Gasteiger partial charge on any atom is 0.411 e. The van der Waals surface area contributed by atoms with Gasteiger partial charge in [0.25, 0.3) is 5.91 Å². The van der Waals surface area contributed by atoms with Crippen LogP contribution in [0.15, 0.2) is 35.7 Å². The molecule has 1 aliphatic rings. The van der Waals surface area contributed by atoms with Gasteiger partial charge in [0.05, 0.1) is 18.3 Å². The molecule has 0 N–H and O–H groups in total. The molecule has 3 rings (SSSR count). The van der Waals surface area contributed by atoms with Crippen LogP contribution in [0.1, 0.15) is 27.2 Å². The number of carbonyl (C=O) groups is 2. The van der Waals surface area contributed by atoms with E-state index >= 15 is 0 Å². The highest BCUT2D eigenvalue weighted by Crippen LogP contribution is 2.30. The summed E-state index contributed by atoms with van der Waals surface area (Å²) in [7, 11) is 3.27. The van der Waals surface area contributed by atoms with Gasteiger partial charge in [-0.1, -0.05) is 30.3 Å². The quantitative estimate of drug-likeness (QED) is 0.757. The average molecular weight is 418 g/mol. The van der Waals surface area contributed by atoms with Crippen LogP contribution >= 0.6 is 11.3 Å². The number of nitrogens with zero attached hydrogens (tertiary/aromatic N) is 3. The summed E-state index contributed by atoms with van der Waals surface area (Å²) < 4.78 is 10.9. The van der Waals surface area contributed by atoms with Gasteiger partial charge in [0.1, 0.15) is 11.6 Å². The van der Waals surface area contributed by atoms with E-state index in [-0.39, 0.29) is 12.0 Å². The van der Waals surface area contributed by atoms with Gasteiger partial charge in [0, 0.05) is 31.5 Å². The molecular weight excluding hydrogens is 390 g/mol. The fraction of sp³-hybridized carbons (Fsp3) is 0.476. The first-order valence-corrected chi connectivity index (χ1v) is 10.4. The molecule has 0 spiro atoms. The first-order valence-electron chi connectivity index (χ1n) is 9.50. The van der Waals surface area contributed by atoms with E-state index in [1.807, 2.05) is 35.7 Å². The summed E-state index contributed by atoms with van der Waals surface area (Å²) in [4.78, 5) is 33.4. The Morgan fingerprint density at radius 3 is 2.55 bits per heavy atom. The normalized spacial score (nSPS) is 19.3. The molecule has 1 aromatic heterocycles. The molecule has 2 unspecified atom stereocenters. The zero-order chi connectivity index (χ0) is 21.2. The van der Waals surface area contributed by atoms with Crippen molar-refractivity contribution >= 4 is 28.5 Å². The van der Waals surface area contributed by atoms with Gasteiger partial charge in [-0.2, -0.15) is 0 Å². The third-order valence-corrected chi connectivity index (χ3v) is 5.61. The molecule has 0 saturated carbocycles. The van der Waals surface area contributed by atoms with Crippen molar-refractivity contribution in [1.29, 1.82) is 0 Å². The molecule has 156 valence electrons. The van der Waals surface area contributed by atoms with Crippen molar-refractivity contribution in [2.75, 3.05) is 25.6 Å². The minimum Gasteiger partial charge on any atom is -0.444 e. The molecule has 0 bridgehead atoms. The number of likely N-dealkylation sites (tertiary alicyclic amines) is 1. The van der Waals surface area contributed by atoms with E-state index in [0.29, 0.717) is 18.1 Å². The number of methoxy groups -OCH3 is 1. The van der Waals surface area contributed by atoms with Gasteiger partial charge in [-0.25, -0.2) is 9.78 Å². The Labute approximate surface area is 175 Å². The van der Waals surface area contributed by atoms with Crippen LogP contribution < -0.4 is 4.90 Å². The van der Waals surface area contributed by atoms with Crippen molar-refractivity contribution < 1.29 is 19.1 Å². The first-order chi connectivity index (χ1) is 13.7. The maximum absolute atomic E-state index is 13.2. The second kappa shape index (κ2) is 8.51. The van der Waals surface area contributed by atoms with E-state index in [4.69, 9.17) is 9.47 Å². The minimum atomic E-state index is -0.649. The summed E-state index contributed by atoms with van der Waals surface area (Å²) >= 11 is 1.39. The lowest BCUT2D eigenvalue weighted by atomic mass is 10.1. The summed E-state index contributed by atoms with van der Waals surface area (Å²) in [5.41, 5.74) is 1.17. The van der Waals surface area contributed by atoms with E-state index in [0.717, 1.165) is 11.3 Å². The van der Waals surface area contributed by atoms with E-state index < -0.39 is 17.7 Å². The van der Waals surface area contributed by atoms with Crippen LogP contribution in [0.25, 0.3) is 11.3 Å². The van der Waals surface area contributed by atoms with Gasteiger partial charge in [-0.15, -0.1) is 11.3 Å². The Bertz CT molecular complexity index is 862. The van der Waals surface area contributed by atoms with Gasteiger partial charge in [-0.05, 0) is 20.8 Å². The standard InChI is InChI=1S/C21H27N3O4S/c1-21(2,3)28-20(26)24-12-15(27-5)11-17(24)18(25)23(4)19-22-16(13-29-19)14-9-7-6-8-10-14/h6-10,13,15,17H,11-12H2,1-5H3. The highest BCUT2D eigenvalue weighted by atomic mass is 32.1. The monoisotopic (exact) mass is 417 g/mol. The summed E-state index contributed by atoms with van der Waals surface area (Å²) in [6, 6.07) is 9.15. The molecule has 8 heteroatoms. The van der Waals surface area contributed by atoms with Crippen molar-refractivity contribution in [3.05, 3.63) is 35.7 Å². The second-order valence-electron chi connectivity index (χ2n) is 8.02. The van der Waals surface area contributed by atoms with Crippen LogP contribution in [0.4, 0.5) is 9.93 Å². The van der Waals surface area contributed by atoms with Crippen LogP contribution in [-0.2, 0) is 14.3 Å². The van der Waals surface area contributed by atoms with Crippen LogP contribution in [0.3, 0.4) is 0 Å². The van der Waals surface area contributed by atoms with Crippen LogP contribution in [-0.4, -0.2) is 60.3 Å². The molecular formula is C21H27N3O4S. The lowest BCUT2D eigenvalue weighted by Crippen LogP contribution is -2.48. The van der Waals surface area contributed by atoms with E-state index in [2.05, 4.69) is 4.98 Å². The lowest BCUT2D eigenvalue weighted by molar-refractivity contribution is -0.122. The number of rotatable bonds is 4. The van der Waals surface area contributed by atoms with Crippen molar-refractivity contribution in [1.82, 2.24) is 9.88 Å². The number of benzene rings is 1. The Morgan fingerprint density at radius 2 is 1.93 bits per heavy atom. The van der Waals surface area contributed by atoms with Gasteiger partial charge in [-0.3, -0.25) is 14.6 Å². The minimum absolute atomic E-state index is 0.204. The zero-order valence-electron chi connectivity index (χ0n) is 17.4.